The molecule has 2 rings (SSSR count). The predicted molar refractivity (Wildman–Crippen MR) is 85.2 cm³/mol. The van der Waals surface area contributed by atoms with Gasteiger partial charge in [0.1, 0.15) is 16.8 Å². The van der Waals surface area contributed by atoms with Gasteiger partial charge in [-0.05, 0) is 23.8 Å². The van der Waals surface area contributed by atoms with Crippen LogP contribution in [0.1, 0.15) is 5.56 Å². The van der Waals surface area contributed by atoms with Gasteiger partial charge in [0.05, 0.1) is 19.5 Å². The van der Waals surface area contributed by atoms with Crippen molar-refractivity contribution in [2.45, 2.75) is 0 Å². The number of hydrazone groups is 1. The number of halogens is 1. The van der Waals surface area contributed by atoms with E-state index in [4.69, 9.17) is 26.3 Å². The molecule has 0 amide bonds. The first kappa shape index (κ1) is 16.3. The molecule has 9 heteroatoms. The molecule has 0 spiro atoms. The molecule has 0 unspecified atom stereocenters. The summed E-state index contributed by atoms with van der Waals surface area (Å²) in [6, 6.07) is 6.97. The maximum atomic E-state index is 11.3. The van der Waals surface area contributed by atoms with Gasteiger partial charge in [-0.2, -0.15) is 15.5 Å². The van der Waals surface area contributed by atoms with Gasteiger partial charge in [0, 0.05) is 0 Å². The Balaban J connectivity index is 2.12. The number of nitriles is 1. The summed E-state index contributed by atoms with van der Waals surface area (Å²) >= 11 is 5.81. The minimum Gasteiger partial charge on any atom is -0.493 e. The van der Waals surface area contributed by atoms with E-state index in [1.807, 2.05) is 6.07 Å². The highest BCUT2D eigenvalue weighted by molar-refractivity contribution is 6.32. The molecule has 118 valence electrons. The first-order chi connectivity index (χ1) is 11.2. The fourth-order valence-corrected chi connectivity index (χ4v) is 1.76. The third-order valence-corrected chi connectivity index (χ3v) is 3.05. The van der Waals surface area contributed by atoms with Crippen LogP contribution in [0, 0.1) is 11.3 Å². The van der Waals surface area contributed by atoms with Gasteiger partial charge < -0.3 is 9.47 Å². The molecule has 0 saturated carbocycles. The maximum absolute atomic E-state index is 11.3. The van der Waals surface area contributed by atoms with E-state index in [-0.39, 0.29) is 17.3 Å². The fraction of sp³-hybridized carbons (Fsp3) is 0.143. The molecule has 0 bridgehead atoms. The standard InChI is InChI=1S/C14H12ClN5O3/c1-22-12-6-9(2-3-11(12)23-5-4-16)7-17-19-10-8-18-20-14(21)13(10)15/h2-3,6-8H,5H2,1H3,(H2,19,20,21)/b17-7-. The van der Waals surface area contributed by atoms with Gasteiger partial charge in [-0.3, -0.25) is 10.2 Å². The number of methoxy groups -OCH3 is 1. The SMILES string of the molecule is COc1cc(/C=N\Nc2cn[nH]c(=O)c2Cl)ccc1OCC#N. The molecule has 0 radical (unpaired) electrons. The molecule has 0 aliphatic rings. The van der Waals surface area contributed by atoms with Crippen LogP contribution in [0.3, 0.4) is 0 Å². The Morgan fingerprint density at radius 3 is 3.09 bits per heavy atom. The van der Waals surface area contributed by atoms with Crippen LogP contribution in [0.25, 0.3) is 0 Å². The van der Waals surface area contributed by atoms with Crippen LogP contribution >= 0.6 is 11.6 Å². The Morgan fingerprint density at radius 2 is 2.35 bits per heavy atom. The van der Waals surface area contributed by atoms with Crippen LogP contribution in [-0.2, 0) is 0 Å². The number of aromatic amines is 1. The van der Waals surface area contributed by atoms with Gasteiger partial charge in [0.15, 0.2) is 18.1 Å². The molecule has 0 atom stereocenters. The second-order valence-electron chi connectivity index (χ2n) is 4.15. The van der Waals surface area contributed by atoms with Crippen molar-refractivity contribution in [3.8, 4) is 17.6 Å². The Hall–Kier alpha value is -3.05. The number of aromatic nitrogens is 2. The van der Waals surface area contributed by atoms with E-state index in [9.17, 15) is 4.79 Å². The summed E-state index contributed by atoms with van der Waals surface area (Å²) in [5, 5.41) is 18.3. The number of hydrogen-bond donors (Lipinski definition) is 2. The van der Waals surface area contributed by atoms with E-state index in [0.29, 0.717) is 17.1 Å². The Kier molecular flexibility index (Phi) is 5.55. The van der Waals surface area contributed by atoms with E-state index in [1.54, 1.807) is 18.2 Å². The Bertz CT molecular complexity index is 813. The lowest BCUT2D eigenvalue weighted by molar-refractivity contribution is 0.329. The minimum absolute atomic E-state index is 0.0324. The molecule has 2 aromatic rings. The number of nitrogens with zero attached hydrogens (tertiary/aromatic N) is 3. The number of H-pyrrole nitrogens is 1. The van der Waals surface area contributed by atoms with E-state index in [1.165, 1.54) is 19.5 Å². The van der Waals surface area contributed by atoms with Crippen molar-refractivity contribution in [3.05, 3.63) is 45.3 Å². The van der Waals surface area contributed by atoms with E-state index in [0.717, 1.165) is 0 Å². The number of hydrogen-bond acceptors (Lipinski definition) is 7. The summed E-state index contributed by atoms with van der Waals surface area (Å²) in [6.07, 6.45) is 2.86. The zero-order chi connectivity index (χ0) is 16.7. The lowest BCUT2D eigenvalue weighted by atomic mass is 10.2. The largest absolute Gasteiger partial charge is 0.493 e. The molecule has 1 aromatic heterocycles. The van der Waals surface area contributed by atoms with Crippen LogP contribution in [-0.4, -0.2) is 30.1 Å². The number of benzene rings is 1. The summed E-state index contributed by atoms with van der Waals surface area (Å²) in [4.78, 5) is 11.3. The molecule has 23 heavy (non-hydrogen) atoms. The molecule has 0 fully saturated rings. The highest BCUT2D eigenvalue weighted by atomic mass is 35.5. The third kappa shape index (κ3) is 4.21. The quantitative estimate of drug-likeness (QED) is 0.615. The van der Waals surface area contributed by atoms with Crippen LogP contribution in [0.4, 0.5) is 5.69 Å². The van der Waals surface area contributed by atoms with Gasteiger partial charge >= 0.3 is 0 Å². The zero-order valence-electron chi connectivity index (χ0n) is 12.0. The van der Waals surface area contributed by atoms with Gasteiger partial charge in [-0.1, -0.05) is 11.6 Å². The van der Waals surface area contributed by atoms with E-state index in [2.05, 4.69) is 20.7 Å². The maximum Gasteiger partial charge on any atom is 0.285 e. The Morgan fingerprint density at radius 1 is 1.52 bits per heavy atom. The van der Waals surface area contributed by atoms with Crippen molar-refractivity contribution in [2.75, 3.05) is 19.1 Å². The summed E-state index contributed by atoms with van der Waals surface area (Å²) in [6.45, 7) is -0.0700. The smallest absolute Gasteiger partial charge is 0.285 e. The van der Waals surface area contributed by atoms with E-state index >= 15 is 0 Å². The highest BCUT2D eigenvalue weighted by Gasteiger charge is 2.05. The van der Waals surface area contributed by atoms with Crippen LogP contribution in [0.5, 0.6) is 11.5 Å². The van der Waals surface area contributed by atoms with Crippen molar-refractivity contribution in [3.63, 3.8) is 0 Å². The third-order valence-electron chi connectivity index (χ3n) is 2.67. The second-order valence-corrected chi connectivity index (χ2v) is 4.53. The summed E-state index contributed by atoms with van der Waals surface area (Å²) < 4.78 is 10.4. The zero-order valence-corrected chi connectivity index (χ0v) is 12.8. The molecule has 0 aliphatic heterocycles. The predicted octanol–water partition coefficient (Wildman–Crippen LogP) is 1.78. The number of ether oxygens (including phenoxy) is 2. The molecule has 1 aromatic carbocycles. The monoisotopic (exact) mass is 333 g/mol. The van der Waals surface area contributed by atoms with Crippen molar-refractivity contribution in [2.24, 2.45) is 5.10 Å². The molecular formula is C14H12ClN5O3. The molecule has 1 heterocycles. The number of anilines is 1. The van der Waals surface area contributed by atoms with Gasteiger partial charge in [-0.25, -0.2) is 5.10 Å². The molecule has 0 aliphatic carbocycles. The summed E-state index contributed by atoms with van der Waals surface area (Å²) in [7, 11) is 1.50. The molecular weight excluding hydrogens is 322 g/mol. The minimum atomic E-state index is -0.507. The second kappa shape index (κ2) is 7.82. The lowest BCUT2D eigenvalue weighted by Gasteiger charge is -2.08. The average molecular weight is 334 g/mol. The molecule has 8 nitrogen and oxygen atoms in total. The number of nitrogens with one attached hydrogen (secondary N) is 2. The van der Waals surface area contributed by atoms with Gasteiger partial charge in [0.2, 0.25) is 0 Å². The lowest BCUT2D eigenvalue weighted by Crippen LogP contribution is -2.10. The van der Waals surface area contributed by atoms with Crippen molar-refractivity contribution in [1.29, 1.82) is 5.26 Å². The normalized spacial score (nSPS) is 10.3. The average Bonchev–Trinajstić information content (AvgIpc) is 2.57. The topological polar surface area (TPSA) is 112 Å². The number of rotatable bonds is 6. The highest BCUT2D eigenvalue weighted by Crippen LogP contribution is 2.27. The molecule has 0 saturated heterocycles. The fourth-order valence-electron chi connectivity index (χ4n) is 1.63. The van der Waals surface area contributed by atoms with E-state index < -0.39 is 5.56 Å². The summed E-state index contributed by atoms with van der Waals surface area (Å²) in [5.41, 5.74) is 3.12. The van der Waals surface area contributed by atoms with Crippen LogP contribution < -0.4 is 20.5 Å². The first-order valence-corrected chi connectivity index (χ1v) is 6.73. The van der Waals surface area contributed by atoms with Gasteiger partial charge in [0.25, 0.3) is 5.56 Å². The van der Waals surface area contributed by atoms with Crippen LogP contribution in [0.2, 0.25) is 5.02 Å². The van der Waals surface area contributed by atoms with Gasteiger partial charge in [-0.15, -0.1) is 0 Å². The van der Waals surface area contributed by atoms with Crippen molar-refractivity contribution >= 4 is 23.5 Å². The molecule has 2 N–H and O–H groups in total. The Labute approximate surface area is 136 Å². The van der Waals surface area contributed by atoms with Crippen LogP contribution in [0.15, 0.2) is 34.3 Å². The summed E-state index contributed by atoms with van der Waals surface area (Å²) in [5.74, 6) is 0.932. The first-order valence-electron chi connectivity index (χ1n) is 6.35. The van der Waals surface area contributed by atoms with Crippen molar-refractivity contribution in [1.82, 2.24) is 10.2 Å². The van der Waals surface area contributed by atoms with Crippen molar-refractivity contribution < 1.29 is 9.47 Å².